The van der Waals surface area contributed by atoms with E-state index in [9.17, 15) is 23.5 Å². The summed E-state index contributed by atoms with van der Waals surface area (Å²) in [6, 6.07) is 8.79. The molecule has 2 aliphatic carbocycles. The first kappa shape index (κ1) is 54.0. The van der Waals surface area contributed by atoms with E-state index in [1.165, 1.54) is 28.9 Å². The van der Waals surface area contributed by atoms with Crippen molar-refractivity contribution in [1.82, 2.24) is 29.5 Å². The minimum atomic E-state index is -1.98. The minimum absolute atomic E-state index is 0.0749. The van der Waals surface area contributed by atoms with E-state index in [-0.39, 0.29) is 33.6 Å². The molecule has 0 saturated heterocycles. The maximum absolute atomic E-state index is 13.2. The van der Waals surface area contributed by atoms with Gasteiger partial charge in [0.15, 0.2) is 16.6 Å². The Morgan fingerprint density at radius 1 is 0.661 bits per heavy atom. The van der Waals surface area contributed by atoms with Gasteiger partial charge in [-0.3, -0.25) is 19.3 Å². The number of aromatic nitrogens is 6. The predicted octanol–water partition coefficient (Wildman–Crippen LogP) is 12.2. The molecule has 4 heterocycles. The number of hydrogen-bond donors (Lipinski definition) is 1. The number of nitrogens with zero attached hydrogens (tertiary/aromatic N) is 6. The van der Waals surface area contributed by atoms with Crippen LogP contribution in [0.2, 0.25) is 36.3 Å². The van der Waals surface area contributed by atoms with E-state index in [4.69, 9.17) is 13.6 Å². The van der Waals surface area contributed by atoms with Crippen LogP contribution in [0.15, 0.2) is 48.8 Å². The van der Waals surface area contributed by atoms with Crippen molar-refractivity contribution in [3.05, 3.63) is 71.8 Å². The summed E-state index contributed by atoms with van der Waals surface area (Å²) in [5, 5.41) is 18.8. The van der Waals surface area contributed by atoms with E-state index in [0.29, 0.717) is 41.6 Å². The van der Waals surface area contributed by atoms with Crippen molar-refractivity contribution in [2.75, 3.05) is 6.61 Å². The van der Waals surface area contributed by atoms with Gasteiger partial charge in [0.2, 0.25) is 0 Å². The molecule has 16 heteroatoms. The summed E-state index contributed by atoms with van der Waals surface area (Å²) >= 11 is 0. The van der Waals surface area contributed by atoms with Crippen LogP contribution in [0.25, 0.3) is 22.8 Å². The van der Waals surface area contributed by atoms with Crippen LogP contribution in [0.3, 0.4) is 0 Å². The minimum Gasteiger partial charge on any atom is -0.477 e. The topological polar surface area (TPSA) is 143 Å². The van der Waals surface area contributed by atoms with Crippen LogP contribution in [0.1, 0.15) is 137 Å². The van der Waals surface area contributed by atoms with Crippen molar-refractivity contribution in [3.63, 3.8) is 0 Å². The van der Waals surface area contributed by atoms with Gasteiger partial charge in [-0.1, -0.05) is 83.1 Å². The van der Waals surface area contributed by atoms with Gasteiger partial charge in [-0.2, -0.15) is 10.2 Å². The van der Waals surface area contributed by atoms with E-state index < -0.39 is 40.2 Å². The second-order valence-corrected chi connectivity index (χ2v) is 27.4. The molecule has 2 aliphatic rings. The molecule has 1 N–H and O–H groups in total. The molecule has 0 aliphatic heterocycles. The maximum atomic E-state index is 13.2. The molecule has 62 heavy (non-hydrogen) atoms. The third-order valence-corrected chi connectivity index (χ3v) is 20.4. The summed E-state index contributed by atoms with van der Waals surface area (Å²) in [5.41, 5.74) is 1.65. The van der Waals surface area contributed by atoms with Crippen LogP contribution in [0, 0.1) is 11.6 Å². The Labute approximate surface area is 371 Å². The van der Waals surface area contributed by atoms with Crippen molar-refractivity contribution in [1.29, 1.82) is 0 Å². The van der Waals surface area contributed by atoms with E-state index >= 15 is 0 Å². The smallest absolute Gasteiger partial charge is 0.356 e. The molecule has 0 atom stereocenters. The number of aromatic carboxylic acids is 1. The van der Waals surface area contributed by atoms with Gasteiger partial charge in [-0.05, 0) is 93.1 Å². The number of ether oxygens (including phenoxy) is 1. The van der Waals surface area contributed by atoms with Gasteiger partial charge >= 0.3 is 11.9 Å². The Morgan fingerprint density at radius 3 is 1.31 bits per heavy atom. The third kappa shape index (κ3) is 14.2. The van der Waals surface area contributed by atoms with Gasteiger partial charge in [-0.25, -0.2) is 18.4 Å². The number of pyridine rings is 2. The summed E-state index contributed by atoms with van der Waals surface area (Å²) in [6.07, 6.45) is 5.89. The summed E-state index contributed by atoms with van der Waals surface area (Å²) in [5.74, 6) is -2.36. The lowest BCUT2D eigenvalue weighted by atomic mass is 10.2. The van der Waals surface area contributed by atoms with Crippen molar-refractivity contribution >= 4 is 28.6 Å². The summed E-state index contributed by atoms with van der Waals surface area (Å²) in [7, 11) is -3.95. The largest absolute Gasteiger partial charge is 0.477 e. The lowest BCUT2D eigenvalue weighted by Gasteiger charge is -2.39. The SMILES string of the molecule is CC.CC.CC.CC(C)(C)[Si](C)(C)OC1(Cn2nc(-c3ccc(F)cn3)cc2C(=O)O)CC1.CCOC(=O)c1cc(-c2ccc(F)cn2)nn1CC1(O[Si](C)(C)C(C)(C)C)CC1. The van der Waals surface area contributed by atoms with Crippen LogP contribution < -0.4 is 0 Å². The van der Waals surface area contributed by atoms with Gasteiger partial charge in [0, 0.05) is 12.1 Å². The van der Waals surface area contributed by atoms with Crippen LogP contribution in [0.5, 0.6) is 0 Å². The summed E-state index contributed by atoms with van der Waals surface area (Å²) in [6.45, 7) is 37.0. The standard InChI is InChI=1S/C21H30FN3O3Si.C19H26FN3O3Si.3C2H6/c1-7-27-19(26)18-12-17(16-9-8-15(22)13-23-16)24-25(18)14-21(10-11-21)28-29(5,6)20(2,3)4;1-18(2,3)27(4,5)26-19(8-9-19)12-23-16(17(24)25)10-15(22-23)14-7-6-13(20)11-21-14;3*1-2/h8-9,12-13H,7,10-11,14H2,1-6H3;6-7,10-11H,8-9,12H2,1-5H3,(H,24,25);3*1-2H3. The summed E-state index contributed by atoms with van der Waals surface area (Å²) in [4.78, 5) is 32.3. The normalized spacial score (nSPS) is 14.9. The van der Waals surface area contributed by atoms with Crippen LogP contribution in [-0.2, 0) is 26.7 Å². The predicted molar refractivity (Wildman–Crippen MR) is 248 cm³/mol. The highest BCUT2D eigenvalue weighted by Gasteiger charge is 2.53. The number of carboxylic acids is 1. The van der Waals surface area contributed by atoms with Crippen molar-refractivity contribution in [2.24, 2.45) is 0 Å². The molecule has 0 bridgehead atoms. The Morgan fingerprint density at radius 2 is 1.02 bits per heavy atom. The van der Waals surface area contributed by atoms with E-state index in [0.717, 1.165) is 38.1 Å². The molecule has 0 unspecified atom stereocenters. The average molecular weight is 901 g/mol. The summed E-state index contributed by atoms with van der Waals surface area (Å²) < 4.78 is 48.0. The van der Waals surface area contributed by atoms with Gasteiger partial charge in [0.25, 0.3) is 0 Å². The monoisotopic (exact) mass is 901 g/mol. The second-order valence-electron chi connectivity index (χ2n) is 18.0. The molecular formula is C46H74F2N6O6Si2. The van der Waals surface area contributed by atoms with Gasteiger partial charge in [-0.15, -0.1) is 0 Å². The molecule has 4 aromatic heterocycles. The Balaban J connectivity index is 0.000000382. The van der Waals surface area contributed by atoms with E-state index in [2.05, 4.69) is 87.9 Å². The fourth-order valence-electron chi connectivity index (χ4n) is 5.72. The van der Waals surface area contributed by atoms with Gasteiger partial charge in [0.1, 0.15) is 34.4 Å². The van der Waals surface area contributed by atoms with Crippen molar-refractivity contribution in [2.45, 2.75) is 176 Å². The van der Waals surface area contributed by atoms with E-state index in [1.807, 2.05) is 41.5 Å². The molecule has 0 amide bonds. The highest BCUT2D eigenvalue weighted by molar-refractivity contribution is 6.74. The third-order valence-electron chi connectivity index (χ3n) is 11.3. The molecule has 2 saturated carbocycles. The first-order chi connectivity index (χ1) is 28.9. The lowest BCUT2D eigenvalue weighted by Crippen LogP contribution is -2.46. The van der Waals surface area contributed by atoms with Gasteiger partial charge in [0.05, 0.1) is 54.7 Å². The molecule has 12 nitrogen and oxygen atoms in total. The second kappa shape index (κ2) is 22.0. The number of carbonyl (C=O) groups excluding carboxylic acids is 1. The molecule has 6 rings (SSSR count). The molecule has 4 aromatic rings. The van der Waals surface area contributed by atoms with Crippen LogP contribution in [-0.4, -0.2) is 81.0 Å². The fourth-order valence-corrected chi connectivity index (χ4v) is 9.03. The molecule has 0 radical (unpaired) electrons. The van der Waals surface area contributed by atoms with Crippen molar-refractivity contribution in [3.8, 4) is 22.8 Å². The van der Waals surface area contributed by atoms with E-state index in [1.54, 1.807) is 23.7 Å². The molecule has 0 spiro atoms. The van der Waals surface area contributed by atoms with Crippen LogP contribution in [0.4, 0.5) is 8.78 Å². The molecular weight excluding hydrogens is 827 g/mol. The van der Waals surface area contributed by atoms with Crippen LogP contribution >= 0.6 is 0 Å². The number of esters is 1. The Hall–Kier alpha value is -4.13. The number of carbonyl (C=O) groups is 2. The number of rotatable bonds is 13. The molecule has 0 aromatic carbocycles. The highest BCUT2D eigenvalue weighted by Crippen LogP contribution is 2.50. The number of halogens is 2. The number of hydrogen-bond acceptors (Lipinski definition) is 9. The van der Waals surface area contributed by atoms with Gasteiger partial charge < -0.3 is 18.7 Å². The Bertz CT molecular complexity index is 2030. The molecule has 346 valence electrons. The molecule has 2 fully saturated rings. The average Bonchev–Trinajstić information content (AvgIpc) is 4.04. The zero-order valence-corrected chi connectivity index (χ0v) is 42.5. The lowest BCUT2D eigenvalue weighted by molar-refractivity contribution is 0.0503. The highest BCUT2D eigenvalue weighted by atomic mass is 28.4. The fraction of sp³-hybridized carbons (Fsp3) is 0.609. The Kier molecular flexibility index (Phi) is 19.1. The quantitative estimate of drug-likeness (QED) is 0.102. The first-order valence-corrected chi connectivity index (χ1v) is 27.9. The first-order valence-electron chi connectivity index (χ1n) is 22.1. The zero-order valence-electron chi connectivity index (χ0n) is 40.5. The van der Waals surface area contributed by atoms with Crippen molar-refractivity contribution < 1.29 is 37.1 Å². The maximum Gasteiger partial charge on any atom is 0.356 e. The number of carboxylic acid groups (broad SMARTS) is 1. The zero-order chi connectivity index (χ0) is 47.5.